The Morgan fingerprint density at radius 1 is 1.40 bits per heavy atom. The Bertz CT molecular complexity index is 333. The molecule has 0 aliphatic heterocycles. The zero-order valence-electron chi connectivity index (χ0n) is 8.99. The molecule has 1 aromatic carbocycles. The van der Waals surface area contributed by atoms with Gasteiger partial charge in [0, 0.05) is 11.4 Å². The standard InChI is InChI=1S/C13H17ClO/c1-9(10-6-7-10)13(15)8-11-4-2-3-5-12(11)14/h2-5,9-10,13,15H,6-8H2,1H3. The third-order valence-corrected chi connectivity index (χ3v) is 3.73. The first-order chi connectivity index (χ1) is 7.18. The molecular weight excluding hydrogens is 208 g/mol. The molecule has 1 saturated carbocycles. The first kappa shape index (κ1) is 11.0. The molecule has 1 aromatic rings. The molecule has 0 aromatic heterocycles. The quantitative estimate of drug-likeness (QED) is 0.832. The van der Waals surface area contributed by atoms with Crippen LogP contribution in [0.15, 0.2) is 24.3 Å². The van der Waals surface area contributed by atoms with Gasteiger partial charge in [-0.2, -0.15) is 0 Å². The Morgan fingerprint density at radius 2 is 2.07 bits per heavy atom. The Hall–Kier alpha value is -0.530. The summed E-state index contributed by atoms with van der Waals surface area (Å²) in [6.07, 6.45) is 2.98. The van der Waals surface area contributed by atoms with Gasteiger partial charge in [-0.05, 0) is 36.3 Å². The van der Waals surface area contributed by atoms with E-state index in [-0.39, 0.29) is 6.10 Å². The highest BCUT2D eigenvalue weighted by Crippen LogP contribution is 2.39. The lowest BCUT2D eigenvalue weighted by atomic mass is 9.94. The zero-order chi connectivity index (χ0) is 10.8. The van der Waals surface area contributed by atoms with Gasteiger partial charge in [-0.3, -0.25) is 0 Å². The van der Waals surface area contributed by atoms with Crippen LogP contribution in [-0.4, -0.2) is 11.2 Å². The Morgan fingerprint density at radius 3 is 2.67 bits per heavy atom. The van der Waals surface area contributed by atoms with Crippen molar-refractivity contribution < 1.29 is 5.11 Å². The van der Waals surface area contributed by atoms with E-state index in [0.717, 1.165) is 16.5 Å². The second-order valence-corrected chi connectivity index (χ2v) is 4.97. The van der Waals surface area contributed by atoms with Crippen LogP contribution >= 0.6 is 11.6 Å². The summed E-state index contributed by atoms with van der Waals surface area (Å²) in [4.78, 5) is 0. The summed E-state index contributed by atoms with van der Waals surface area (Å²) < 4.78 is 0. The minimum atomic E-state index is -0.252. The van der Waals surface area contributed by atoms with Crippen LogP contribution in [0, 0.1) is 11.8 Å². The average molecular weight is 225 g/mol. The number of halogens is 1. The van der Waals surface area contributed by atoms with Gasteiger partial charge in [0.1, 0.15) is 0 Å². The van der Waals surface area contributed by atoms with Crippen molar-refractivity contribution in [1.29, 1.82) is 0 Å². The van der Waals surface area contributed by atoms with Gasteiger partial charge in [0.25, 0.3) is 0 Å². The van der Waals surface area contributed by atoms with E-state index in [0.29, 0.717) is 12.3 Å². The average Bonchev–Trinajstić information content (AvgIpc) is 3.04. The first-order valence-corrected chi connectivity index (χ1v) is 5.97. The van der Waals surface area contributed by atoms with Gasteiger partial charge in [-0.1, -0.05) is 36.7 Å². The highest BCUT2D eigenvalue weighted by atomic mass is 35.5. The maximum atomic E-state index is 10.0. The number of aliphatic hydroxyl groups is 1. The predicted octanol–water partition coefficient (Wildman–Crippen LogP) is 3.29. The van der Waals surface area contributed by atoms with E-state index in [4.69, 9.17) is 11.6 Å². The van der Waals surface area contributed by atoms with E-state index in [9.17, 15) is 5.11 Å². The molecule has 1 fully saturated rings. The zero-order valence-corrected chi connectivity index (χ0v) is 9.74. The summed E-state index contributed by atoms with van der Waals surface area (Å²) in [5.41, 5.74) is 1.05. The van der Waals surface area contributed by atoms with Crippen LogP contribution in [0.2, 0.25) is 5.02 Å². The molecule has 2 rings (SSSR count). The molecule has 1 N–H and O–H groups in total. The second-order valence-electron chi connectivity index (χ2n) is 4.56. The Kier molecular flexibility index (Phi) is 3.32. The Labute approximate surface area is 96.1 Å². The molecule has 0 spiro atoms. The van der Waals surface area contributed by atoms with Crippen LogP contribution in [0.5, 0.6) is 0 Å². The van der Waals surface area contributed by atoms with Crippen LogP contribution in [0.25, 0.3) is 0 Å². The summed E-state index contributed by atoms with van der Waals surface area (Å²) in [6.45, 7) is 2.14. The minimum Gasteiger partial charge on any atom is -0.392 e. The molecule has 2 heteroatoms. The van der Waals surface area contributed by atoms with Gasteiger partial charge < -0.3 is 5.11 Å². The molecule has 1 aliphatic rings. The lowest BCUT2D eigenvalue weighted by molar-refractivity contribution is 0.105. The molecule has 0 saturated heterocycles. The van der Waals surface area contributed by atoms with Gasteiger partial charge in [0.05, 0.1) is 6.10 Å². The SMILES string of the molecule is CC(C(O)Cc1ccccc1Cl)C1CC1. The summed E-state index contributed by atoms with van der Waals surface area (Å²) in [6, 6.07) is 7.76. The predicted molar refractivity (Wildman–Crippen MR) is 63.1 cm³/mol. The summed E-state index contributed by atoms with van der Waals surface area (Å²) in [7, 11) is 0. The van der Waals surface area contributed by atoms with E-state index in [1.54, 1.807) is 0 Å². The van der Waals surface area contributed by atoms with Crippen LogP contribution in [0.3, 0.4) is 0 Å². The molecule has 0 bridgehead atoms. The van der Waals surface area contributed by atoms with Gasteiger partial charge >= 0.3 is 0 Å². The fourth-order valence-electron chi connectivity index (χ4n) is 2.01. The van der Waals surface area contributed by atoms with Gasteiger partial charge in [-0.25, -0.2) is 0 Å². The van der Waals surface area contributed by atoms with Crippen molar-refractivity contribution in [3.63, 3.8) is 0 Å². The van der Waals surface area contributed by atoms with Gasteiger partial charge in [0.15, 0.2) is 0 Å². The van der Waals surface area contributed by atoms with E-state index >= 15 is 0 Å². The molecule has 0 radical (unpaired) electrons. The minimum absolute atomic E-state index is 0.252. The number of aliphatic hydroxyl groups excluding tert-OH is 1. The topological polar surface area (TPSA) is 20.2 Å². The molecule has 0 heterocycles. The fourth-order valence-corrected chi connectivity index (χ4v) is 2.22. The molecule has 0 amide bonds. The Balaban J connectivity index is 1.98. The number of rotatable bonds is 4. The molecule has 15 heavy (non-hydrogen) atoms. The molecule has 1 aliphatic carbocycles. The highest BCUT2D eigenvalue weighted by Gasteiger charge is 2.32. The fraction of sp³-hybridized carbons (Fsp3) is 0.538. The lowest BCUT2D eigenvalue weighted by Gasteiger charge is -2.18. The van der Waals surface area contributed by atoms with Gasteiger partial charge in [-0.15, -0.1) is 0 Å². The van der Waals surface area contributed by atoms with Crippen molar-refractivity contribution in [2.75, 3.05) is 0 Å². The molecule has 2 unspecified atom stereocenters. The number of benzene rings is 1. The maximum Gasteiger partial charge on any atom is 0.0609 e. The smallest absolute Gasteiger partial charge is 0.0609 e. The molecular formula is C13H17ClO. The van der Waals surface area contributed by atoms with Crippen molar-refractivity contribution in [3.05, 3.63) is 34.9 Å². The third-order valence-electron chi connectivity index (χ3n) is 3.36. The number of hydrogen-bond donors (Lipinski definition) is 1. The summed E-state index contributed by atoms with van der Waals surface area (Å²) in [5.74, 6) is 1.14. The van der Waals surface area contributed by atoms with Crippen LogP contribution < -0.4 is 0 Å². The first-order valence-electron chi connectivity index (χ1n) is 5.60. The molecule has 2 atom stereocenters. The maximum absolute atomic E-state index is 10.0. The van der Waals surface area contributed by atoms with Crippen LogP contribution in [-0.2, 0) is 6.42 Å². The third kappa shape index (κ3) is 2.73. The summed E-state index contributed by atoms with van der Waals surface area (Å²) in [5, 5.41) is 10.8. The van der Waals surface area contributed by atoms with Gasteiger partial charge in [0.2, 0.25) is 0 Å². The largest absolute Gasteiger partial charge is 0.392 e. The van der Waals surface area contributed by atoms with Crippen molar-refractivity contribution >= 4 is 11.6 Å². The highest BCUT2D eigenvalue weighted by molar-refractivity contribution is 6.31. The van der Waals surface area contributed by atoms with Crippen molar-refractivity contribution in [3.8, 4) is 0 Å². The normalized spacial score (nSPS) is 19.9. The lowest BCUT2D eigenvalue weighted by Crippen LogP contribution is -2.22. The van der Waals surface area contributed by atoms with Crippen LogP contribution in [0.1, 0.15) is 25.3 Å². The monoisotopic (exact) mass is 224 g/mol. The molecule has 82 valence electrons. The van der Waals surface area contributed by atoms with Crippen LogP contribution in [0.4, 0.5) is 0 Å². The van der Waals surface area contributed by atoms with E-state index < -0.39 is 0 Å². The molecule has 1 nitrogen and oxygen atoms in total. The second kappa shape index (κ2) is 4.54. The summed E-state index contributed by atoms with van der Waals surface area (Å²) >= 11 is 6.06. The van der Waals surface area contributed by atoms with E-state index in [1.165, 1.54) is 12.8 Å². The van der Waals surface area contributed by atoms with Crippen molar-refractivity contribution in [1.82, 2.24) is 0 Å². The van der Waals surface area contributed by atoms with E-state index in [2.05, 4.69) is 6.92 Å². The van der Waals surface area contributed by atoms with Crippen molar-refractivity contribution in [2.24, 2.45) is 11.8 Å². The number of hydrogen-bond acceptors (Lipinski definition) is 1. The van der Waals surface area contributed by atoms with Crippen molar-refractivity contribution in [2.45, 2.75) is 32.3 Å². The van der Waals surface area contributed by atoms with E-state index in [1.807, 2.05) is 24.3 Å².